The normalized spacial score (nSPS) is 12.6. The number of alkyl halides is 1. The first-order chi connectivity index (χ1) is 15.3. The second kappa shape index (κ2) is 10.5. The lowest BCUT2D eigenvalue weighted by atomic mass is 10.0. The van der Waals surface area contributed by atoms with Gasteiger partial charge in [0.05, 0.1) is 23.8 Å². The van der Waals surface area contributed by atoms with Gasteiger partial charge in [0.15, 0.2) is 0 Å². The van der Waals surface area contributed by atoms with Gasteiger partial charge in [0.1, 0.15) is 17.5 Å². The highest BCUT2D eigenvalue weighted by Crippen LogP contribution is 2.22. The van der Waals surface area contributed by atoms with Crippen molar-refractivity contribution in [3.63, 3.8) is 0 Å². The highest BCUT2D eigenvalue weighted by atomic mass is 35.5. The third-order valence-corrected chi connectivity index (χ3v) is 5.22. The van der Waals surface area contributed by atoms with E-state index in [1.54, 1.807) is 35.9 Å². The Labute approximate surface area is 189 Å². The molecule has 0 saturated carbocycles. The minimum Gasteiger partial charge on any atom is -0.346 e. The van der Waals surface area contributed by atoms with E-state index in [0.717, 1.165) is 17.8 Å². The summed E-state index contributed by atoms with van der Waals surface area (Å²) in [5.74, 6) is -1.98. The van der Waals surface area contributed by atoms with Gasteiger partial charge >= 0.3 is 0 Å². The minimum absolute atomic E-state index is 0.169. The van der Waals surface area contributed by atoms with Crippen molar-refractivity contribution in [3.05, 3.63) is 88.8 Å². The number of imidazole rings is 1. The van der Waals surface area contributed by atoms with E-state index in [1.807, 2.05) is 6.92 Å². The summed E-state index contributed by atoms with van der Waals surface area (Å²) < 4.78 is 43.5. The molecule has 0 saturated heterocycles. The van der Waals surface area contributed by atoms with Crippen molar-refractivity contribution in [2.75, 3.05) is 5.88 Å². The van der Waals surface area contributed by atoms with E-state index in [-0.39, 0.29) is 5.56 Å². The first-order valence-electron chi connectivity index (χ1n) is 10.1. The summed E-state index contributed by atoms with van der Waals surface area (Å²) in [4.78, 5) is 17.0. The molecule has 2 aromatic carbocycles. The number of carbonyl (C=O) groups is 1. The molecule has 0 aliphatic rings. The average Bonchev–Trinajstić information content (AvgIpc) is 3.16. The first-order valence-corrected chi connectivity index (χ1v) is 10.6. The second-order valence-corrected chi connectivity index (χ2v) is 7.83. The van der Waals surface area contributed by atoms with Crippen LogP contribution in [0.15, 0.2) is 54.5 Å². The summed E-state index contributed by atoms with van der Waals surface area (Å²) >= 11 is 5.79. The van der Waals surface area contributed by atoms with Crippen molar-refractivity contribution in [3.8, 4) is 5.69 Å². The van der Waals surface area contributed by atoms with Gasteiger partial charge in [0, 0.05) is 29.3 Å². The number of halogens is 4. The third kappa shape index (κ3) is 5.79. The molecule has 1 atom stereocenters. The van der Waals surface area contributed by atoms with Crippen molar-refractivity contribution in [2.45, 2.75) is 32.7 Å². The molecule has 0 aliphatic carbocycles. The molecule has 8 heteroatoms. The molecule has 32 heavy (non-hydrogen) atoms. The third-order valence-electron chi connectivity index (χ3n) is 4.95. The van der Waals surface area contributed by atoms with Gasteiger partial charge in [-0.05, 0) is 56.5 Å². The molecular formula is C24H23ClF3N3O. The Morgan fingerprint density at radius 2 is 1.97 bits per heavy atom. The van der Waals surface area contributed by atoms with Gasteiger partial charge in [-0.25, -0.2) is 18.2 Å². The van der Waals surface area contributed by atoms with Crippen LogP contribution in [0.2, 0.25) is 0 Å². The molecule has 0 fully saturated rings. The van der Waals surface area contributed by atoms with Crippen molar-refractivity contribution in [1.29, 1.82) is 0 Å². The Kier molecular flexibility index (Phi) is 7.75. The minimum atomic E-state index is -0.739. The molecule has 3 aromatic rings. The van der Waals surface area contributed by atoms with Crippen LogP contribution in [-0.4, -0.2) is 21.3 Å². The molecule has 1 aromatic heterocycles. The molecule has 1 heterocycles. The number of amides is 1. The van der Waals surface area contributed by atoms with Crippen LogP contribution in [0.5, 0.6) is 0 Å². The fourth-order valence-corrected chi connectivity index (χ4v) is 3.44. The number of nitrogens with zero attached hydrogens (tertiary/aromatic N) is 2. The predicted molar refractivity (Wildman–Crippen MR) is 119 cm³/mol. The quantitative estimate of drug-likeness (QED) is 0.336. The lowest BCUT2D eigenvalue weighted by Gasteiger charge is -2.17. The molecule has 4 nitrogen and oxygen atoms in total. The zero-order chi connectivity index (χ0) is 23.3. The monoisotopic (exact) mass is 461 g/mol. The topological polar surface area (TPSA) is 46.9 Å². The highest BCUT2D eigenvalue weighted by molar-refractivity contribution is 6.17. The predicted octanol–water partition coefficient (Wildman–Crippen LogP) is 5.88. The largest absolute Gasteiger partial charge is 0.346 e. The van der Waals surface area contributed by atoms with Crippen LogP contribution in [-0.2, 0) is 4.79 Å². The van der Waals surface area contributed by atoms with E-state index in [2.05, 4.69) is 10.3 Å². The number of carbonyl (C=O) groups excluding carboxylic acids is 1. The van der Waals surface area contributed by atoms with E-state index >= 15 is 0 Å². The molecule has 1 amide bonds. The van der Waals surface area contributed by atoms with Crippen LogP contribution >= 0.6 is 11.6 Å². The number of aromatic nitrogens is 2. The van der Waals surface area contributed by atoms with Crippen LogP contribution in [0.1, 0.15) is 42.6 Å². The van der Waals surface area contributed by atoms with Crippen molar-refractivity contribution in [2.24, 2.45) is 0 Å². The maximum Gasteiger partial charge on any atom is 0.247 e. The molecular weight excluding hydrogens is 439 g/mol. The van der Waals surface area contributed by atoms with Gasteiger partial charge in [0.25, 0.3) is 0 Å². The molecule has 0 radical (unpaired) electrons. The molecule has 1 N–H and O–H groups in total. The summed E-state index contributed by atoms with van der Waals surface area (Å²) in [7, 11) is 0. The maximum atomic E-state index is 14.7. The lowest BCUT2D eigenvalue weighted by Crippen LogP contribution is -2.28. The van der Waals surface area contributed by atoms with Crippen LogP contribution in [0.4, 0.5) is 13.2 Å². The van der Waals surface area contributed by atoms with Crippen LogP contribution in [0.25, 0.3) is 11.8 Å². The van der Waals surface area contributed by atoms with Crippen molar-refractivity contribution in [1.82, 2.24) is 14.9 Å². The van der Waals surface area contributed by atoms with E-state index in [0.29, 0.717) is 35.5 Å². The van der Waals surface area contributed by atoms with E-state index in [4.69, 9.17) is 11.6 Å². The van der Waals surface area contributed by atoms with Gasteiger partial charge in [-0.3, -0.25) is 4.79 Å². The number of nitrogens with one attached hydrogen (secondary N) is 1. The zero-order valence-corrected chi connectivity index (χ0v) is 18.5. The number of rotatable bonds is 8. The van der Waals surface area contributed by atoms with Gasteiger partial charge in [-0.1, -0.05) is 12.1 Å². The number of aryl methyl sites for hydroxylation is 1. The Bertz CT molecular complexity index is 1140. The lowest BCUT2D eigenvalue weighted by molar-refractivity contribution is -0.118. The Morgan fingerprint density at radius 3 is 2.59 bits per heavy atom. The molecule has 1 unspecified atom stereocenters. The number of hydrogen-bond donors (Lipinski definition) is 1. The van der Waals surface area contributed by atoms with Crippen LogP contribution in [0.3, 0.4) is 0 Å². The van der Waals surface area contributed by atoms with Crippen LogP contribution in [0, 0.1) is 24.4 Å². The maximum absolute atomic E-state index is 14.7. The standard InChI is InChI=1S/C24H23ClF3N3O/c1-15-13-31(14-29-15)23-8-5-17(11-22(23)28)10-18(4-3-9-25)24(32)30-16(2)20-7-6-19(26)12-21(20)27/h5-8,10-14,16H,3-4,9H2,1-2H3,(H,30,32). The molecule has 3 rings (SSSR count). The summed E-state index contributed by atoms with van der Waals surface area (Å²) in [6.45, 7) is 3.42. The highest BCUT2D eigenvalue weighted by Gasteiger charge is 2.17. The van der Waals surface area contributed by atoms with E-state index in [9.17, 15) is 18.0 Å². The fourth-order valence-electron chi connectivity index (χ4n) is 3.30. The summed E-state index contributed by atoms with van der Waals surface area (Å²) in [5.41, 5.74) is 2.16. The first kappa shape index (κ1) is 23.6. The fraction of sp³-hybridized carbons (Fsp3) is 0.250. The van der Waals surface area contributed by atoms with Crippen molar-refractivity contribution >= 4 is 23.6 Å². The molecule has 168 valence electrons. The summed E-state index contributed by atoms with van der Waals surface area (Å²) in [5, 5.41) is 2.72. The van der Waals surface area contributed by atoms with Crippen LogP contribution < -0.4 is 5.32 Å². The average molecular weight is 462 g/mol. The molecule has 0 aliphatic heterocycles. The van der Waals surface area contributed by atoms with Gasteiger partial charge < -0.3 is 9.88 Å². The number of hydrogen-bond acceptors (Lipinski definition) is 2. The summed E-state index contributed by atoms with van der Waals surface area (Å²) in [6, 6.07) is 7.16. The second-order valence-electron chi connectivity index (χ2n) is 7.46. The van der Waals surface area contributed by atoms with Gasteiger partial charge in [-0.15, -0.1) is 11.6 Å². The summed E-state index contributed by atoms with van der Waals surface area (Å²) in [6.07, 6.45) is 5.72. The molecule has 0 spiro atoms. The smallest absolute Gasteiger partial charge is 0.247 e. The number of benzene rings is 2. The van der Waals surface area contributed by atoms with E-state index in [1.165, 1.54) is 18.5 Å². The molecule has 0 bridgehead atoms. The van der Waals surface area contributed by atoms with Crippen molar-refractivity contribution < 1.29 is 18.0 Å². The Morgan fingerprint density at radius 1 is 1.19 bits per heavy atom. The SMILES string of the molecule is Cc1cn(-c2ccc(C=C(CCCCl)C(=O)NC(C)c3ccc(F)cc3F)cc2F)cn1. The zero-order valence-electron chi connectivity index (χ0n) is 17.7. The Hall–Kier alpha value is -3.06. The van der Waals surface area contributed by atoms with E-state index < -0.39 is 29.4 Å². The van der Waals surface area contributed by atoms with Gasteiger partial charge in [0.2, 0.25) is 5.91 Å². The Balaban J connectivity index is 1.83. The van der Waals surface area contributed by atoms with Gasteiger partial charge in [-0.2, -0.15) is 0 Å².